The Kier molecular flexibility index (Phi) is 7.03. The minimum absolute atomic E-state index is 0.00317. The van der Waals surface area contributed by atoms with Gasteiger partial charge in [-0.15, -0.1) is 5.10 Å². The number of piperidine rings is 1. The molecule has 0 saturated carbocycles. The third-order valence-electron chi connectivity index (χ3n) is 5.81. The third kappa shape index (κ3) is 5.36. The highest BCUT2D eigenvalue weighted by atomic mass is 19.4. The van der Waals surface area contributed by atoms with E-state index in [4.69, 9.17) is 14.6 Å². The molecule has 2 fully saturated rings. The van der Waals surface area contributed by atoms with E-state index in [-0.39, 0.29) is 24.3 Å². The monoisotopic (exact) mass is 510 g/mol. The van der Waals surface area contributed by atoms with Crippen LogP contribution in [0.1, 0.15) is 40.5 Å². The van der Waals surface area contributed by atoms with Crippen molar-refractivity contribution in [3.8, 4) is 5.69 Å². The number of ether oxygens (including phenoxy) is 1. The fourth-order valence-corrected chi connectivity index (χ4v) is 4.00. The number of fused-ring (bicyclic) bond motifs is 1. The number of aromatic nitrogens is 3. The number of carbonyl (C=O) groups is 4. The summed E-state index contributed by atoms with van der Waals surface area (Å²) in [5.41, 5.74) is 2.90. The maximum absolute atomic E-state index is 12.9. The van der Waals surface area contributed by atoms with Gasteiger partial charge in [-0.05, 0) is 24.1 Å². The molecule has 2 aromatic rings. The number of amides is 3. The molecule has 0 radical (unpaired) electrons. The first-order valence-electron chi connectivity index (χ1n) is 10.9. The Morgan fingerprint density at radius 1 is 1.22 bits per heavy atom. The van der Waals surface area contributed by atoms with Crippen LogP contribution in [0.2, 0.25) is 0 Å². The number of hydrogen-bond donors (Lipinski definition) is 3. The highest BCUT2D eigenvalue weighted by Crippen LogP contribution is 2.29. The van der Waals surface area contributed by atoms with Gasteiger partial charge in [0.25, 0.3) is 5.91 Å². The maximum atomic E-state index is 12.9. The van der Waals surface area contributed by atoms with Crippen molar-refractivity contribution < 1.29 is 42.2 Å². The van der Waals surface area contributed by atoms with Crippen LogP contribution in [0.25, 0.3) is 5.69 Å². The summed E-state index contributed by atoms with van der Waals surface area (Å²) in [6, 6.07) is 4.90. The van der Waals surface area contributed by atoms with Gasteiger partial charge in [-0.2, -0.15) is 13.2 Å². The topological polar surface area (TPSA) is 156 Å². The molecule has 3 N–H and O–H groups in total. The van der Waals surface area contributed by atoms with Gasteiger partial charge < -0.3 is 20.1 Å². The summed E-state index contributed by atoms with van der Waals surface area (Å²) in [5.74, 6) is -3.67. The van der Waals surface area contributed by atoms with Gasteiger partial charge >= 0.3 is 12.1 Å². The fraction of sp³-hybridized carbons (Fsp3) is 0.429. The Morgan fingerprint density at radius 3 is 2.61 bits per heavy atom. The number of imide groups is 1. The zero-order chi connectivity index (χ0) is 26.0. The molecule has 15 heteroatoms. The van der Waals surface area contributed by atoms with Crippen LogP contribution in [0.15, 0.2) is 24.4 Å². The molecule has 3 aliphatic rings. The third-order valence-corrected chi connectivity index (χ3v) is 5.81. The first-order valence-corrected chi connectivity index (χ1v) is 10.9. The summed E-state index contributed by atoms with van der Waals surface area (Å²) in [6.45, 7) is 2.34. The summed E-state index contributed by atoms with van der Waals surface area (Å²) in [6.07, 6.45) is -2.67. The van der Waals surface area contributed by atoms with Crippen LogP contribution >= 0.6 is 0 Å². The predicted molar refractivity (Wildman–Crippen MR) is 113 cm³/mol. The smallest absolute Gasteiger partial charge is 0.475 e. The minimum Gasteiger partial charge on any atom is -0.475 e. The van der Waals surface area contributed by atoms with E-state index in [1.54, 1.807) is 10.7 Å². The number of carboxylic acid groups (broad SMARTS) is 1. The van der Waals surface area contributed by atoms with Gasteiger partial charge in [0.05, 0.1) is 31.1 Å². The first kappa shape index (κ1) is 25.2. The zero-order valence-electron chi connectivity index (χ0n) is 18.6. The number of carbonyl (C=O) groups excluding carboxylic acids is 3. The number of nitrogens with zero attached hydrogens (tertiary/aromatic N) is 4. The lowest BCUT2D eigenvalue weighted by atomic mass is 10.0. The van der Waals surface area contributed by atoms with Gasteiger partial charge in [0, 0.05) is 25.1 Å². The summed E-state index contributed by atoms with van der Waals surface area (Å²) >= 11 is 0. The Bertz CT molecular complexity index is 1190. The number of benzene rings is 1. The lowest BCUT2D eigenvalue weighted by Gasteiger charge is -2.29. The van der Waals surface area contributed by atoms with E-state index in [0.717, 1.165) is 23.5 Å². The number of rotatable bonds is 3. The zero-order valence-corrected chi connectivity index (χ0v) is 18.6. The van der Waals surface area contributed by atoms with Gasteiger partial charge in [-0.25, -0.2) is 9.48 Å². The van der Waals surface area contributed by atoms with Crippen LogP contribution in [0.3, 0.4) is 0 Å². The molecule has 0 bridgehead atoms. The van der Waals surface area contributed by atoms with Crippen LogP contribution in [0.4, 0.5) is 13.2 Å². The minimum atomic E-state index is -5.08. The lowest BCUT2D eigenvalue weighted by Crippen LogP contribution is -2.52. The van der Waals surface area contributed by atoms with Crippen molar-refractivity contribution in [3.63, 3.8) is 0 Å². The first-order chi connectivity index (χ1) is 17.0. The Morgan fingerprint density at radius 2 is 1.97 bits per heavy atom. The molecule has 36 heavy (non-hydrogen) atoms. The van der Waals surface area contributed by atoms with Gasteiger partial charge in [0.15, 0.2) is 0 Å². The van der Waals surface area contributed by atoms with E-state index >= 15 is 0 Å². The molecule has 1 aromatic carbocycles. The molecule has 2 saturated heterocycles. The number of aliphatic carboxylic acids is 1. The van der Waals surface area contributed by atoms with E-state index < -0.39 is 24.1 Å². The summed E-state index contributed by atoms with van der Waals surface area (Å²) < 4.78 is 38.8. The molecule has 2 atom stereocenters. The number of alkyl halides is 3. The number of carboxylic acids is 1. The highest BCUT2D eigenvalue weighted by molar-refractivity contribution is 6.05. The van der Waals surface area contributed by atoms with Crippen molar-refractivity contribution in [1.82, 2.24) is 30.5 Å². The average molecular weight is 510 g/mol. The molecule has 2 unspecified atom stereocenters. The maximum Gasteiger partial charge on any atom is 0.490 e. The Labute approximate surface area is 201 Å². The number of hydrogen-bond acceptors (Lipinski definition) is 8. The molecule has 3 amide bonds. The molecule has 4 heterocycles. The van der Waals surface area contributed by atoms with Crippen molar-refractivity contribution in [2.45, 2.75) is 37.6 Å². The van der Waals surface area contributed by atoms with Crippen molar-refractivity contribution in [1.29, 1.82) is 0 Å². The van der Waals surface area contributed by atoms with Crippen molar-refractivity contribution in [3.05, 3.63) is 41.2 Å². The van der Waals surface area contributed by atoms with Crippen molar-refractivity contribution >= 4 is 23.7 Å². The van der Waals surface area contributed by atoms with E-state index in [1.807, 2.05) is 18.3 Å². The van der Waals surface area contributed by atoms with E-state index in [1.165, 1.54) is 4.90 Å². The van der Waals surface area contributed by atoms with Crippen molar-refractivity contribution in [2.75, 3.05) is 19.8 Å². The number of halogens is 3. The van der Waals surface area contributed by atoms with Crippen LogP contribution in [-0.4, -0.2) is 80.7 Å². The van der Waals surface area contributed by atoms with E-state index in [9.17, 15) is 27.6 Å². The van der Waals surface area contributed by atoms with Gasteiger partial charge in [-0.3, -0.25) is 19.7 Å². The normalized spacial score (nSPS) is 22.0. The van der Waals surface area contributed by atoms with E-state index in [2.05, 4.69) is 20.9 Å². The van der Waals surface area contributed by atoms with Gasteiger partial charge in [-0.1, -0.05) is 11.3 Å². The van der Waals surface area contributed by atoms with Crippen LogP contribution in [0.5, 0.6) is 0 Å². The molecule has 3 aliphatic heterocycles. The second kappa shape index (κ2) is 10.0. The lowest BCUT2D eigenvalue weighted by molar-refractivity contribution is -0.192. The highest BCUT2D eigenvalue weighted by Gasteiger charge is 2.39. The molecule has 1 aromatic heterocycles. The molecule has 0 spiro atoms. The summed E-state index contributed by atoms with van der Waals surface area (Å²) in [5, 5.41) is 21.2. The second-order valence-corrected chi connectivity index (χ2v) is 8.21. The van der Waals surface area contributed by atoms with E-state index in [0.29, 0.717) is 31.7 Å². The Balaban J connectivity index is 0.000000384. The standard InChI is InChI=1S/C19H20N6O4.C2HF3O2/c26-17-4-3-16(18(27)21-17)24-8-11-1-2-12(7-13(11)19(24)28)25-9-14(22-23-25)15-10-29-6-5-20-15;3-2(4,5)1(6)7/h1-2,7,9,15-16,20H,3-6,8,10H2,(H,21,26,27);(H,6,7). The molecule has 5 rings (SSSR count). The molecule has 192 valence electrons. The molecular formula is C21H21F3N6O6. The number of morpholine rings is 1. The second-order valence-electron chi connectivity index (χ2n) is 8.21. The largest absolute Gasteiger partial charge is 0.490 e. The van der Waals surface area contributed by atoms with Gasteiger partial charge in [0.1, 0.15) is 11.7 Å². The average Bonchev–Trinajstić information content (AvgIpc) is 3.45. The summed E-state index contributed by atoms with van der Waals surface area (Å²) in [4.78, 5) is 46.9. The predicted octanol–water partition coefficient (Wildman–Crippen LogP) is 0.322. The number of nitrogens with one attached hydrogen (secondary N) is 2. The van der Waals surface area contributed by atoms with Crippen LogP contribution in [0, 0.1) is 0 Å². The molecule has 0 aliphatic carbocycles. The van der Waals surface area contributed by atoms with Crippen molar-refractivity contribution in [2.24, 2.45) is 0 Å². The fourth-order valence-electron chi connectivity index (χ4n) is 4.00. The molecule has 12 nitrogen and oxygen atoms in total. The molecular weight excluding hydrogens is 489 g/mol. The van der Waals surface area contributed by atoms with Crippen LogP contribution in [-0.2, 0) is 25.7 Å². The quantitative estimate of drug-likeness (QED) is 0.495. The van der Waals surface area contributed by atoms with Crippen LogP contribution < -0.4 is 10.6 Å². The SMILES string of the molecule is O=C(O)C(F)(F)F.O=C1CCC(N2Cc3ccc(-n4cc(C5COCCN5)nn4)cc3C2=O)C(=O)N1. The van der Waals surface area contributed by atoms with Gasteiger partial charge in [0.2, 0.25) is 11.8 Å². The summed E-state index contributed by atoms with van der Waals surface area (Å²) in [7, 11) is 0. The Hall–Kier alpha value is -3.85.